The first-order valence-corrected chi connectivity index (χ1v) is 8.20. The van der Waals surface area contributed by atoms with Crippen LogP contribution in [0.1, 0.15) is 25.3 Å². The van der Waals surface area contributed by atoms with Gasteiger partial charge in [0.1, 0.15) is 13.6 Å². The Labute approximate surface area is 138 Å². The third-order valence-corrected chi connectivity index (χ3v) is 3.73. The number of aromatic nitrogens is 2. The number of benzene rings is 1. The summed E-state index contributed by atoms with van der Waals surface area (Å²) in [4.78, 5) is 16.7. The molecule has 0 radical (unpaired) electrons. The van der Waals surface area contributed by atoms with Crippen molar-refractivity contribution in [3.05, 3.63) is 46.5 Å². The van der Waals surface area contributed by atoms with Crippen molar-refractivity contribution in [2.45, 2.75) is 32.5 Å². The third-order valence-electron chi connectivity index (χ3n) is 3.73. The van der Waals surface area contributed by atoms with Crippen LogP contribution in [0.2, 0.25) is 6.32 Å². The van der Waals surface area contributed by atoms with E-state index in [-0.39, 0.29) is 5.56 Å². The summed E-state index contributed by atoms with van der Waals surface area (Å²) >= 11 is 0. The van der Waals surface area contributed by atoms with Crippen LogP contribution in [0, 0.1) is 0 Å². The molecule has 0 aliphatic carbocycles. The predicted molar refractivity (Wildman–Crippen MR) is 96.8 cm³/mol. The van der Waals surface area contributed by atoms with Gasteiger partial charge in [0.2, 0.25) is 0 Å². The second-order valence-electron chi connectivity index (χ2n) is 5.48. The lowest BCUT2D eigenvalue weighted by Crippen LogP contribution is -2.23. The van der Waals surface area contributed by atoms with Crippen LogP contribution in [-0.2, 0) is 6.42 Å². The Bertz CT molecular complexity index is 700. The van der Waals surface area contributed by atoms with Crippen LogP contribution in [0.15, 0.2) is 35.4 Å². The Hall–Kier alpha value is -2.24. The SMILES string of the molecule is BCCCNc1nccn(-c2ccc(CCC)c(OC)c2)c1=O. The van der Waals surface area contributed by atoms with Crippen molar-refractivity contribution in [1.82, 2.24) is 9.55 Å². The smallest absolute Gasteiger partial charge is 0.297 e. The van der Waals surface area contributed by atoms with E-state index in [2.05, 4.69) is 25.1 Å². The molecule has 0 aliphatic rings. The van der Waals surface area contributed by atoms with Crippen LogP contribution in [-0.4, -0.2) is 31.1 Å². The molecule has 0 atom stereocenters. The Morgan fingerprint density at radius 3 is 2.91 bits per heavy atom. The first kappa shape index (κ1) is 17.1. The Balaban J connectivity index is 2.34. The topological polar surface area (TPSA) is 56.1 Å². The quantitative estimate of drug-likeness (QED) is 0.598. The number of rotatable bonds is 8. The van der Waals surface area contributed by atoms with Gasteiger partial charge < -0.3 is 10.1 Å². The summed E-state index contributed by atoms with van der Waals surface area (Å²) in [5.41, 5.74) is 1.80. The van der Waals surface area contributed by atoms with E-state index in [1.54, 1.807) is 24.1 Å². The molecule has 0 unspecified atom stereocenters. The molecule has 0 saturated carbocycles. The largest absolute Gasteiger partial charge is 0.496 e. The van der Waals surface area contributed by atoms with Crippen LogP contribution < -0.4 is 15.6 Å². The number of ether oxygens (including phenoxy) is 1. The first-order valence-electron chi connectivity index (χ1n) is 8.20. The van der Waals surface area contributed by atoms with E-state index < -0.39 is 0 Å². The predicted octanol–water partition coefficient (Wildman–Crippen LogP) is 2.05. The number of nitrogens with zero attached hydrogens (tertiary/aromatic N) is 2. The maximum absolute atomic E-state index is 12.6. The molecule has 2 rings (SSSR count). The van der Waals surface area contributed by atoms with E-state index in [9.17, 15) is 4.79 Å². The monoisotopic (exact) mass is 313 g/mol. The Kier molecular flexibility index (Phi) is 6.26. The number of nitrogens with one attached hydrogen (secondary N) is 1. The average Bonchev–Trinajstić information content (AvgIpc) is 2.57. The maximum atomic E-state index is 12.6. The van der Waals surface area contributed by atoms with E-state index in [4.69, 9.17) is 4.74 Å². The molecule has 0 bridgehead atoms. The van der Waals surface area contributed by atoms with E-state index in [1.165, 1.54) is 0 Å². The van der Waals surface area contributed by atoms with E-state index in [0.29, 0.717) is 5.82 Å². The molecule has 1 aromatic carbocycles. The highest BCUT2D eigenvalue weighted by molar-refractivity contribution is 6.08. The highest BCUT2D eigenvalue weighted by atomic mass is 16.5. The van der Waals surface area contributed by atoms with Gasteiger partial charge in [0.15, 0.2) is 5.82 Å². The van der Waals surface area contributed by atoms with Crippen molar-refractivity contribution in [3.8, 4) is 11.4 Å². The van der Waals surface area contributed by atoms with Crippen LogP contribution in [0.5, 0.6) is 5.75 Å². The summed E-state index contributed by atoms with van der Waals surface area (Å²) in [6.07, 6.45) is 7.41. The lowest BCUT2D eigenvalue weighted by atomic mass is 10.0. The summed E-state index contributed by atoms with van der Waals surface area (Å²) in [7, 11) is 3.77. The third kappa shape index (κ3) is 4.15. The first-order chi connectivity index (χ1) is 11.2. The Morgan fingerprint density at radius 2 is 2.22 bits per heavy atom. The van der Waals surface area contributed by atoms with E-state index in [0.717, 1.165) is 49.1 Å². The fourth-order valence-corrected chi connectivity index (χ4v) is 2.48. The summed E-state index contributed by atoms with van der Waals surface area (Å²) in [5.74, 6) is 1.20. The minimum atomic E-state index is -0.145. The molecule has 1 aromatic heterocycles. The minimum absolute atomic E-state index is 0.145. The zero-order valence-corrected chi connectivity index (χ0v) is 14.1. The molecular formula is C17H24BN3O2. The molecule has 0 saturated heterocycles. The lowest BCUT2D eigenvalue weighted by Gasteiger charge is -2.12. The van der Waals surface area contributed by atoms with Gasteiger partial charge in [-0.3, -0.25) is 9.36 Å². The minimum Gasteiger partial charge on any atom is -0.496 e. The van der Waals surface area contributed by atoms with Gasteiger partial charge in [0.05, 0.1) is 12.8 Å². The molecule has 5 nitrogen and oxygen atoms in total. The summed E-state index contributed by atoms with van der Waals surface area (Å²) in [6, 6.07) is 5.88. The van der Waals surface area contributed by atoms with Gasteiger partial charge in [-0.2, -0.15) is 0 Å². The molecule has 1 heterocycles. The van der Waals surface area contributed by atoms with Gasteiger partial charge in [0, 0.05) is 25.0 Å². The van der Waals surface area contributed by atoms with Crippen molar-refractivity contribution in [1.29, 1.82) is 0 Å². The average molecular weight is 313 g/mol. The number of hydrogen-bond donors (Lipinski definition) is 1. The maximum Gasteiger partial charge on any atom is 0.297 e. The molecular weight excluding hydrogens is 289 g/mol. The van der Waals surface area contributed by atoms with Crippen LogP contribution in [0.25, 0.3) is 5.69 Å². The highest BCUT2D eigenvalue weighted by Gasteiger charge is 2.09. The van der Waals surface area contributed by atoms with Gasteiger partial charge in [-0.15, -0.1) is 0 Å². The van der Waals surface area contributed by atoms with Crippen molar-refractivity contribution in [2.75, 3.05) is 19.0 Å². The molecule has 2 aromatic rings. The fourth-order valence-electron chi connectivity index (χ4n) is 2.48. The molecule has 1 N–H and O–H groups in total. The number of aryl methyl sites for hydroxylation is 1. The molecule has 6 heteroatoms. The Morgan fingerprint density at radius 1 is 1.39 bits per heavy atom. The van der Waals surface area contributed by atoms with Crippen LogP contribution >= 0.6 is 0 Å². The number of anilines is 1. The highest BCUT2D eigenvalue weighted by Crippen LogP contribution is 2.23. The number of hydrogen-bond acceptors (Lipinski definition) is 4. The van der Waals surface area contributed by atoms with E-state index >= 15 is 0 Å². The second kappa shape index (κ2) is 8.41. The molecule has 0 amide bonds. The van der Waals surface area contributed by atoms with Gasteiger partial charge >= 0.3 is 0 Å². The standard InChI is InChI=1S/C17H24BN3O2/c1-3-5-13-6-7-14(12-15(13)23-2)21-11-10-20-16(17(21)22)19-9-4-8-18/h6-7,10-12H,3-5,8-9,18H2,1-2H3,(H,19,20). The lowest BCUT2D eigenvalue weighted by molar-refractivity contribution is 0.409. The molecule has 122 valence electrons. The number of methoxy groups -OCH3 is 1. The fraction of sp³-hybridized carbons (Fsp3) is 0.412. The summed E-state index contributed by atoms with van der Waals surface area (Å²) in [6.45, 7) is 2.89. The summed E-state index contributed by atoms with van der Waals surface area (Å²) < 4.78 is 7.06. The van der Waals surface area contributed by atoms with E-state index in [1.807, 2.05) is 18.2 Å². The van der Waals surface area contributed by atoms with Gasteiger partial charge in [-0.1, -0.05) is 25.7 Å². The van der Waals surface area contributed by atoms with Gasteiger partial charge in [0.25, 0.3) is 5.56 Å². The van der Waals surface area contributed by atoms with Crippen molar-refractivity contribution < 1.29 is 4.74 Å². The van der Waals surface area contributed by atoms with Crippen LogP contribution in [0.3, 0.4) is 0 Å². The second-order valence-corrected chi connectivity index (χ2v) is 5.48. The van der Waals surface area contributed by atoms with Crippen LogP contribution in [0.4, 0.5) is 5.82 Å². The normalized spacial score (nSPS) is 10.5. The molecule has 0 fully saturated rings. The molecule has 23 heavy (non-hydrogen) atoms. The van der Waals surface area contributed by atoms with Gasteiger partial charge in [-0.05, 0) is 24.5 Å². The van der Waals surface area contributed by atoms with Gasteiger partial charge in [-0.25, -0.2) is 4.98 Å². The molecule has 0 spiro atoms. The zero-order chi connectivity index (χ0) is 16.7. The summed E-state index contributed by atoms with van der Waals surface area (Å²) in [5, 5.41) is 3.11. The molecule has 0 aliphatic heterocycles. The van der Waals surface area contributed by atoms with Crippen molar-refractivity contribution >= 4 is 13.7 Å². The van der Waals surface area contributed by atoms with Crippen molar-refractivity contribution in [2.24, 2.45) is 0 Å². The zero-order valence-electron chi connectivity index (χ0n) is 14.1. The van der Waals surface area contributed by atoms with Crippen molar-refractivity contribution in [3.63, 3.8) is 0 Å².